The Labute approximate surface area is 118 Å². The van der Waals surface area contributed by atoms with Crippen molar-refractivity contribution in [3.63, 3.8) is 0 Å². The number of hydrogen-bond donors (Lipinski definition) is 1. The van der Waals surface area contributed by atoms with Crippen molar-refractivity contribution in [2.75, 3.05) is 0 Å². The number of nitrogens with one attached hydrogen (secondary N) is 1. The molecule has 1 N–H and O–H groups in total. The molecule has 19 heavy (non-hydrogen) atoms. The molecule has 0 spiro atoms. The molecule has 1 saturated carbocycles. The summed E-state index contributed by atoms with van der Waals surface area (Å²) in [6, 6.07) is 0. The molecular weight excluding hydrogens is 234 g/mol. The minimum Gasteiger partial charge on any atom is -0.310 e. The summed E-state index contributed by atoms with van der Waals surface area (Å²) in [7, 11) is 0. The SMILES string of the molecule is CC[C@H](CC1CC(=N)CC(C)(C)CC1=O)C(C)(C)C. The molecule has 1 aliphatic rings. The quantitative estimate of drug-likeness (QED) is 0.727. The summed E-state index contributed by atoms with van der Waals surface area (Å²) in [4.78, 5) is 12.5. The van der Waals surface area contributed by atoms with Gasteiger partial charge in [-0.05, 0) is 36.0 Å². The normalized spacial score (nSPS) is 26.1. The van der Waals surface area contributed by atoms with Crippen LogP contribution in [-0.4, -0.2) is 11.5 Å². The van der Waals surface area contributed by atoms with E-state index in [1.165, 1.54) is 0 Å². The highest BCUT2D eigenvalue weighted by Crippen LogP contribution is 2.39. The van der Waals surface area contributed by atoms with Gasteiger partial charge < -0.3 is 5.41 Å². The predicted octanol–water partition coefficient (Wildman–Crippen LogP) is 4.86. The lowest BCUT2D eigenvalue weighted by Crippen LogP contribution is -2.27. The lowest BCUT2D eigenvalue weighted by Gasteiger charge is -2.32. The Morgan fingerprint density at radius 1 is 1.32 bits per heavy atom. The molecule has 0 aromatic rings. The van der Waals surface area contributed by atoms with Gasteiger partial charge >= 0.3 is 0 Å². The topological polar surface area (TPSA) is 40.9 Å². The second kappa shape index (κ2) is 5.76. The highest BCUT2D eigenvalue weighted by atomic mass is 16.1. The van der Waals surface area contributed by atoms with E-state index < -0.39 is 0 Å². The summed E-state index contributed by atoms with van der Waals surface area (Å²) >= 11 is 0. The van der Waals surface area contributed by atoms with Gasteiger partial charge in [0, 0.05) is 18.1 Å². The highest BCUT2D eigenvalue weighted by molar-refractivity contribution is 5.92. The molecule has 1 aliphatic carbocycles. The van der Waals surface area contributed by atoms with Gasteiger partial charge in [-0.2, -0.15) is 0 Å². The minimum absolute atomic E-state index is 0.0215. The second-order valence-corrected chi connectivity index (χ2v) is 8.20. The number of rotatable bonds is 3. The van der Waals surface area contributed by atoms with Crippen LogP contribution in [0.25, 0.3) is 0 Å². The molecule has 0 aromatic carbocycles. The molecule has 0 saturated heterocycles. The van der Waals surface area contributed by atoms with Crippen molar-refractivity contribution in [3.05, 3.63) is 0 Å². The van der Waals surface area contributed by atoms with Gasteiger partial charge in [0.2, 0.25) is 0 Å². The third-order valence-corrected chi connectivity index (χ3v) is 4.58. The molecule has 1 fully saturated rings. The van der Waals surface area contributed by atoms with E-state index in [-0.39, 0.29) is 16.7 Å². The smallest absolute Gasteiger partial charge is 0.136 e. The van der Waals surface area contributed by atoms with Gasteiger partial charge in [-0.3, -0.25) is 4.79 Å². The summed E-state index contributed by atoms with van der Waals surface area (Å²) in [5.41, 5.74) is 0.996. The number of hydrogen-bond acceptors (Lipinski definition) is 2. The van der Waals surface area contributed by atoms with Gasteiger partial charge in [0.15, 0.2) is 0 Å². The average molecular weight is 265 g/mol. The first-order valence-electron chi connectivity index (χ1n) is 7.64. The van der Waals surface area contributed by atoms with Gasteiger partial charge in [0.25, 0.3) is 0 Å². The Morgan fingerprint density at radius 2 is 1.89 bits per heavy atom. The summed E-state index contributed by atoms with van der Waals surface area (Å²) in [6.45, 7) is 13.2. The summed E-state index contributed by atoms with van der Waals surface area (Å²) in [5, 5.41) is 8.11. The van der Waals surface area contributed by atoms with Crippen LogP contribution in [0.15, 0.2) is 0 Å². The molecule has 2 heteroatoms. The summed E-state index contributed by atoms with van der Waals surface area (Å²) in [6.07, 6.45) is 4.18. The molecule has 0 amide bonds. The van der Waals surface area contributed by atoms with Crippen LogP contribution in [0.5, 0.6) is 0 Å². The van der Waals surface area contributed by atoms with Crippen LogP contribution in [0.3, 0.4) is 0 Å². The number of ketones is 1. The first kappa shape index (κ1) is 16.4. The Morgan fingerprint density at radius 3 is 2.37 bits per heavy atom. The number of Topliss-reactive ketones (excluding diaryl/α,β-unsaturated/α-hetero) is 1. The van der Waals surface area contributed by atoms with E-state index in [0.717, 1.165) is 25.0 Å². The van der Waals surface area contributed by atoms with Crippen LogP contribution in [0.4, 0.5) is 0 Å². The van der Waals surface area contributed by atoms with Gasteiger partial charge in [0.1, 0.15) is 5.78 Å². The monoisotopic (exact) mass is 265 g/mol. The van der Waals surface area contributed by atoms with Crippen molar-refractivity contribution in [2.24, 2.45) is 22.7 Å². The minimum atomic E-state index is -0.0215. The second-order valence-electron chi connectivity index (χ2n) is 8.20. The molecule has 0 bridgehead atoms. The summed E-state index contributed by atoms with van der Waals surface area (Å²) < 4.78 is 0. The van der Waals surface area contributed by atoms with Crippen molar-refractivity contribution < 1.29 is 4.79 Å². The Balaban J connectivity index is 2.82. The molecule has 1 rings (SSSR count). The van der Waals surface area contributed by atoms with Gasteiger partial charge in [-0.25, -0.2) is 0 Å². The highest BCUT2D eigenvalue weighted by Gasteiger charge is 2.36. The van der Waals surface area contributed by atoms with Crippen molar-refractivity contribution in [3.8, 4) is 0 Å². The third kappa shape index (κ3) is 4.74. The standard InChI is InChI=1S/C17H31NO/c1-7-13(16(2,3)4)8-12-9-14(18)10-17(5,6)11-15(12)19/h12-13,18H,7-11H2,1-6H3/t12?,13-/m1/s1. The molecule has 0 aromatic heterocycles. The zero-order chi connectivity index (χ0) is 14.8. The lowest BCUT2D eigenvalue weighted by atomic mass is 9.72. The molecule has 0 aliphatic heterocycles. The van der Waals surface area contributed by atoms with Crippen molar-refractivity contribution in [1.29, 1.82) is 5.41 Å². The molecule has 110 valence electrons. The number of carbonyl (C=O) groups excluding carboxylic acids is 1. The average Bonchev–Trinajstić information content (AvgIpc) is 2.28. The van der Waals surface area contributed by atoms with Gasteiger partial charge in [0.05, 0.1) is 0 Å². The molecule has 0 radical (unpaired) electrons. The molecule has 2 nitrogen and oxygen atoms in total. The fraction of sp³-hybridized carbons (Fsp3) is 0.882. The van der Waals surface area contributed by atoms with Crippen LogP contribution >= 0.6 is 0 Å². The van der Waals surface area contributed by atoms with Crippen LogP contribution in [0, 0.1) is 28.1 Å². The van der Waals surface area contributed by atoms with Gasteiger partial charge in [-0.1, -0.05) is 48.0 Å². The van der Waals surface area contributed by atoms with Crippen molar-refractivity contribution >= 4 is 11.5 Å². The predicted molar refractivity (Wildman–Crippen MR) is 81.7 cm³/mol. The fourth-order valence-electron chi connectivity index (χ4n) is 3.43. The van der Waals surface area contributed by atoms with E-state index in [4.69, 9.17) is 5.41 Å². The maximum absolute atomic E-state index is 12.5. The molecule has 2 atom stereocenters. The first-order valence-corrected chi connectivity index (χ1v) is 7.64. The van der Waals surface area contributed by atoms with Gasteiger partial charge in [-0.15, -0.1) is 0 Å². The first-order chi connectivity index (χ1) is 8.55. The molecule has 0 heterocycles. The van der Waals surface area contributed by atoms with Crippen molar-refractivity contribution in [2.45, 2.75) is 73.6 Å². The lowest BCUT2D eigenvalue weighted by molar-refractivity contribution is -0.125. The summed E-state index contributed by atoms with van der Waals surface area (Å²) in [5.74, 6) is 1.03. The Hall–Kier alpha value is -0.660. The third-order valence-electron chi connectivity index (χ3n) is 4.58. The number of carbonyl (C=O) groups is 1. The molecule has 1 unspecified atom stereocenters. The van der Waals surface area contributed by atoms with Crippen molar-refractivity contribution in [1.82, 2.24) is 0 Å². The van der Waals surface area contributed by atoms with E-state index in [2.05, 4.69) is 41.5 Å². The van der Waals surface area contributed by atoms with E-state index in [0.29, 0.717) is 24.5 Å². The Kier molecular flexibility index (Phi) is 4.97. The van der Waals surface area contributed by atoms with E-state index in [1.54, 1.807) is 0 Å². The van der Waals surface area contributed by atoms with Crippen LogP contribution < -0.4 is 0 Å². The van der Waals surface area contributed by atoms with Crippen LogP contribution in [0.1, 0.15) is 73.6 Å². The maximum Gasteiger partial charge on any atom is 0.136 e. The molecular formula is C17H31NO. The van der Waals surface area contributed by atoms with E-state index in [9.17, 15) is 4.79 Å². The van der Waals surface area contributed by atoms with Crippen LogP contribution in [0.2, 0.25) is 0 Å². The zero-order valence-corrected chi connectivity index (χ0v) is 13.6. The fourth-order valence-corrected chi connectivity index (χ4v) is 3.43. The van der Waals surface area contributed by atoms with E-state index >= 15 is 0 Å². The van der Waals surface area contributed by atoms with E-state index in [1.807, 2.05) is 0 Å². The van der Waals surface area contributed by atoms with Crippen LogP contribution in [-0.2, 0) is 4.79 Å². The largest absolute Gasteiger partial charge is 0.310 e. The maximum atomic E-state index is 12.5. The Bertz CT molecular complexity index is 349. The zero-order valence-electron chi connectivity index (χ0n) is 13.6.